The smallest absolute Gasteiger partial charge is 0.0225 e. The number of benzene rings is 1. The van der Waals surface area contributed by atoms with Crippen LogP contribution in [0.25, 0.3) is 5.57 Å². The van der Waals surface area contributed by atoms with Crippen molar-refractivity contribution in [2.75, 3.05) is 0 Å². The Bertz CT molecular complexity index is 565. The minimum absolute atomic E-state index is 1.03. The molecule has 0 N–H and O–H groups in total. The molecule has 0 aliphatic heterocycles. The van der Waals surface area contributed by atoms with E-state index in [2.05, 4.69) is 80.3 Å². The fourth-order valence-electron chi connectivity index (χ4n) is 2.30. The molecule has 2 rings (SSSR count). The van der Waals surface area contributed by atoms with Crippen LogP contribution in [-0.2, 0) is 0 Å². The molecule has 20 heavy (non-hydrogen) atoms. The van der Waals surface area contributed by atoms with Gasteiger partial charge in [-0.25, -0.2) is 0 Å². The topological polar surface area (TPSA) is 0 Å². The lowest BCUT2D eigenvalue weighted by Crippen LogP contribution is -1.86. The van der Waals surface area contributed by atoms with Gasteiger partial charge in [-0.05, 0) is 41.5 Å². The van der Waals surface area contributed by atoms with Gasteiger partial charge >= 0.3 is 0 Å². The summed E-state index contributed by atoms with van der Waals surface area (Å²) in [6.07, 6.45) is 16.3. The first-order chi connectivity index (χ1) is 9.81. The lowest BCUT2D eigenvalue weighted by atomic mass is 9.99. The van der Waals surface area contributed by atoms with Crippen LogP contribution in [0.3, 0.4) is 0 Å². The Hall–Kier alpha value is -2.08. The predicted molar refractivity (Wildman–Crippen MR) is 89.4 cm³/mol. The minimum atomic E-state index is 1.03. The SMILES string of the molecule is C=C(/C=C\C=C(/CC)c1ccccc1)C1=CCCC=C1. The van der Waals surface area contributed by atoms with Crippen molar-refractivity contribution < 1.29 is 0 Å². The second-order valence-electron chi connectivity index (χ2n) is 4.94. The van der Waals surface area contributed by atoms with Crippen molar-refractivity contribution in [3.63, 3.8) is 0 Å². The van der Waals surface area contributed by atoms with E-state index in [-0.39, 0.29) is 0 Å². The third-order valence-electron chi connectivity index (χ3n) is 3.49. The summed E-state index contributed by atoms with van der Waals surface area (Å²) < 4.78 is 0. The summed E-state index contributed by atoms with van der Waals surface area (Å²) in [5.74, 6) is 0. The second kappa shape index (κ2) is 7.49. The Kier molecular flexibility index (Phi) is 5.37. The van der Waals surface area contributed by atoms with Crippen LogP contribution >= 0.6 is 0 Å². The largest absolute Gasteiger partial charge is 0.0912 e. The highest BCUT2D eigenvalue weighted by Gasteiger charge is 1.99. The van der Waals surface area contributed by atoms with E-state index in [0.717, 1.165) is 24.8 Å². The Morgan fingerprint density at radius 1 is 1.20 bits per heavy atom. The molecule has 0 bridgehead atoms. The van der Waals surface area contributed by atoms with Crippen LogP contribution in [-0.4, -0.2) is 0 Å². The second-order valence-corrected chi connectivity index (χ2v) is 4.94. The third-order valence-corrected chi connectivity index (χ3v) is 3.49. The predicted octanol–water partition coefficient (Wildman–Crippen LogP) is 5.87. The van der Waals surface area contributed by atoms with Crippen LogP contribution in [0.2, 0.25) is 0 Å². The van der Waals surface area contributed by atoms with Crippen LogP contribution < -0.4 is 0 Å². The van der Waals surface area contributed by atoms with Gasteiger partial charge in [-0.15, -0.1) is 0 Å². The number of allylic oxidation sites excluding steroid dienone is 9. The molecule has 1 aromatic rings. The Morgan fingerprint density at radius 3 is 2.65 bits per heavy atom. The van der Waals surface area contributed by atoms with E-state index in [1.54, 1.807) is 0 Å². The number of hydrogen-bond donors (Lipinski definition) is 0. The number of rotatable bonds is 5. The lowest BCUT2D eigenvalue weighted by molar-refractivity contribution is 1.02. The monoisotopic (exact) mass is 262 g/mol. The van der Waals surface area contributed by atoms with Gasteiger partial charge < -0.3 is 0 Å². The van der Waals surface area contributed by atoms with E-state index in [1.165, 1.54) is 16.7 Å². The summed E-state index contributed by atoms with van der Waals surface area (Å²) in [6, 6.07) is 10.5. The average Bonchev–Trinajstić information content (AvgIpc) is 2.53. The number of hydrogen-bond acceptors (Lipinski definition) is 0. The molecule has 1 aliphatic rings. The standard InChI is InChI=1S/C20H22/c1-3-18(20-14-8-5-9-15-20)16-10-11-17(2)19-12-6-4-7-13-19/h5-6,8-16H,2-4,7H2,1H3/b11-10-,18-16+. The maximum Gasteiger partial charge on any atom is -0.0225 e. The Morgan fingerprint density at radius 2 is 2.00 bits per heavy atom. The van der Waals surface area contributed by atoms with Crippen LogP contribution in [0, 0.1) is 0 Å². The minimum Gasteiger partial charge on any atom is -0.0912 e. The summed E-state index contributed by atoms with van der Waals surface area (Å²) >= 11 is 0. The molecular weight excluding hydrogens is 240 g/mol. The van der Waals surface area contributed by atoms with E-state index < -0.39 is 0 Å². The normalized spacial score (nSPS) is 15.4. The van der Waals surface area contributed by atoms with Gasteiger partial charge in [0, 0.05) is 0 Å². The molecule has 0 saturated heterocycles. The molecule has 1 aromatic carbocycles. The van der Waals surface area contributed by atoms with Gasteiger partial charge in [0.05, 0.1) is 0 Å². The molecule has 0 heterocycles. The van der Waals surface area contributed by atoms with Crippen molar-refractivity contribution in [3.05, 3.63) is 90.1 Å². The molecule has 1 aliphatic carbocycles. The van der Waals surface area contributed by atoms with Gasteiger partial charge in [0.25, 0.3) is 0 Å². The molecule has 0 amide bonds. The van der Waals surface area contributed by atoms with E-state index in [9.17, 15) is 0 Å². The first kappa shape index (κ1) is 14.3. The average molecular weight is 262 g/mol. The van der Waals surface area contributed by atoms with E-state index in [4.69, 9.17) is 0 Å². The van der Waals surface area contributed by atoms with Crippen molar-refractivity contribution in [2.24, 2.45) is 0 Å². The van der Waals surface area contributed by atoms with Crippen LogP contribution in [0.15, 0.2) is 84.5 Å². The molecule has 0 aromatic heterocycles. The van der Waals surface area contributed by atoms with Gasteiger partial charge in [-0.3, -0.25) is 0 Å². The molecule has 0 nitrogen and oxygen atoms in total. The van der Waals surface area contributed by atoms with Crippen LogP contribution in [0.4, 0.5) is 0 Å². The van der Waals surface area contributed by atoms with E-state index in [0.29, 0.717) is 0 Å². The Balaban J connectivity index is 2.07. The van der Waals surface area contributed by atoms with Crippen LogP contribution in [0.1, 0.15) is 31.7 Å². The molecular formula is C20H22. The fraction of sp³-hybridized carbons (Fsp3) is 0.200. The Labute approximate surface area is 122 Å². The molecule has 0 fully saturated rings. The summed E-state index contributed by atoms with van der Waals surface area (Å²) in [7, 11) is 0. The van der Waals surface area contributed by atoms with Gasteiger partial charge in [0.1, 0.15) is 0 Å². The fourth-order valence-corrected chi connectivity index (χ4v) is 2.30. The summed E-state index contributed by atoms with van der Waals surface area (Å²) in [5, 5.41) is 0. The maximum absolute atomic E-state index is 4.14. The highest BCUT2D eigenvalue weighted by Crippen LogP contribution is 2.20. The molecule has 0 unspecified atom stereocenters. The van der Waals surface area contributed by atoms with Crippen molar-refractivity contribution >= 4 is 5.57 Å². The summed E-state index contributed by atoms with van der Waals surface area (Å²) in [4.78, 5) is 0. The van der Waals surface area contributed by atoms with E-state index in [1.807, 2.05) is 0 Å². The quantitative estimate of drug-likeness (QED) is 0.582. The summed E-state index contributed by atoms with van der Waals surface area (Å²) in [6.45, 7) is 6.33. The highest BCUT2D eigenvalue weighted by atomic mass is 14.0. The van der Waals surface area contributed by atoms with E-state index >= 15 is 0 Å². The molecule has 0 atom stereocenters. The van der Waals surface area contributed by atoms with Crippen LogP contribution in [0.5, 0.6) is 0 Å². The third kappa shape index (κ3) is 3.96. The highest BCUT2D eigenvalue weighted by molar-refractivity contribution is 5.67. The maximum atomic E-state index is 4.14. The first-order valence-electron chi connectivity index (χ1n) is 7.30. The molecule has 0 saturated carbocycles. The first-order valence-corrected chi connectivity index (χ1v) is 7.30. The van der Waals surface area contributed by atoms with Gasteiger partial charge in [0.15, 0.2) is 0 Å². The lowest BCUT2D eigenvalue weighted by Gasteiger charge is -2.06. The van der Waals surface area contributed by atoms with Crippen molar-refractivity contribution in [2.45, 2.75) is 26.2 Å². The van der Waals surface area contributed by atoms with Crippen molar-refractivity contribution in [1.82, 2.24) is 0 Å². The zero-order valence-corrected chi connectivity index (χ0v) is 12.2. The van der Waals surface area contributed by atoms with Gasteiger partial charge in [0.2, 0.25) is 0 Å². The van der Waals surface area contributed by atoms with Gasteiger partial charge in [-0.1, -0.05) is 80.3 Å². The molecule has 102 valence electrons. The molecule has 0 spiro atoms. The molecule has 0 heteroatoms. The van der Waals surface area contributed by atoms with Gasteiger partial charge in [-0.2, -0.15) is 0 Å². The summed E-state index contributed by atoms with van der Waals surface area (Å²) in [5.41, 5.74) is 4.98. The van der Waals surface area contributed by atoms with Crippen molar-refractivity contribution in [3.8, 4) is 0 Å². The zero-order valence-electron chi connectivity index (χ0n) is 12.2. The van der Waals surface area contributed by atoms with Crippen molar-refractivity contribution in [1.29, 1.82) is 0 Å². The molecule has 0 radical (unpaired) electrons. The zero-order chi connectivity index (χ0) is 14.2.